The Kier molecular flexibility index (Phi) is 4.69. The fourth-order valence-electron chi connectivity index (χ4n) is 1.16. The van der Waals surface area contributed by atoms with Crippen LogP contribution in [0.4, 0.5) is 4.79 Å². The quantitative estimate of drug-likeness (QED) is 0.798. The maximum Gasteiger partial charge on any atom is 0.410 e. The molecule has 0 saturated heterocycles. The Hall–Kier alpha value is -1.36. The Morgan fingerprint density at radius 2 is 1.94 bits per heavy atom. The smallest absolute Gasteiger partial charge is 0.410 e. The number of rotatable bonds is 4. The maximum absolute atomic E-state index is 11.4. The van der Waals surface area contributed by atoms with Crippen LogP contribution in [0.5, 0.6) is 0 Å². The lowest BCUT2D eigenvalue weighted by molar-refractivity contribution is 0.108. The highest BCUT2D eigenvalue weighted by Crippen LogP contribution is 2.34. The van der Waals surface area contributed by atoms with Crippen molar-refractivity contribution in [2.75, 3.05) is 13.3 Å². The van der Waals surface area contributed by atoms with Crippen molar-refractivity contribution in [2.45, 2.75) is 6.61 Å². The summed E-state index contributed by atoms with van der Waals surface area (Å²) in [4.78, 5) is 29.6. The van der Waals surface area contributed by atoms with Crippen LogP contribution in [0.2, 0.25) is 0 Å². The first kappa shape index (κ1) is 13.7. The zero-order chi connectivity index (χ0) is 12.9. The van der Waals surface area contributed by atoms with Crippen LogP contribution >= 0.6 is 7.60 Å². The van der Waals surface area contributed by atoms with Gasteiger partial charge in [0.1, 0.15) is 12.9 Å². The molecule has 0 aromatic heterocycles. The van der Waals surface area contributed by atoms with Crippen LogP contribution in [0, 0.1) is 0 Å². The van der Waals surface area contributed by atoms with Crippen molar-refractivity contribution in [3.05, 3.63) is 35.9 Å². The minimum atomic E-state index is -4.25. The van der Waals surface area contributed by atoms with Crippen LogP contribution in [-0.4, -0.2) is 34.1 Å². The molecule has 1 aromatic carbocycles. The average molecular weight is 259 g/mol. The molecule has 1 aromatic rings. The van der Waals surface area contributed by atoms with Gasteiger partial charge < -0.3 is 14.5 Å². The second-order valence-electron chi connectivity index (χ2n) is 3.54. The maximum atomic E-state index is 11.4. The highest BCUT2D eigenvalue weighted by Gasteiger charge is 2.21. The number of carbonyl (C=O) groups excluding carboxylic acids is 1. The van der Waals surface area contributed by atoms with Gasteiger partial charge in [0.2, 0.25) is 0 Å². The van der Waals surface area contributed by atoms with Crippen molar-refractivity contribution < 1.29 is 23.9 Å². The topological polar surface area (TPSA) is 87.1 Å². The Morgan fingerprint density at radius 3 is 2.47 bits per heavy atom. The highest BCUT2D eigenvalue weighted by molar-refractivity contribution is 7.51. The van der Waals surface area contributed by atoms with Crippen LogP contribution in [0.3, 0.4) is 0 Å². The molecule has 0 fully saturated rings. The van der Waals surface area contributed by atoms with Crippen LogP contribution in [0.25, 0.3) is 0 Å². The SMILES string of the molecule is CN(CP(=O)(O)O)C(=O)OCc1ccccc1. The first-order valence-electron chi connectivity index (χ1n) is 4.85. The molecular weight excluding hydrogens is 245 g/mol. The monoisotopic (exact) mass is 259 g/mol. The van der Waals surface area contributed by atoms with E-state index in [4.69, 9.17) is 14.5 Å². The third-order valence-corrected chi connectivity index (χ3v) is 2.71. The molecule has 0 unspecified atom stereocenters. The van der Waals surface area contributed by atoms with E-state index in [0.717, 1.165) is 10.5 Å². The molecule has 6 nitrogen and oxygen atoms in total. The van der Waals surface area contributed by atoms with Crippen molar-refractivity contribution in [1.29, 1.82) is 0 Å². The standard InChI is InChI=1S/C10H14NO5P/c1-11(8-17(13,14)15)10(12)16-7-9-5-3-2-4-6-9/h2-6H,7-8H2,1H3,(H2,13,14,15). The van der Waals surface area contributed by atoms with Crippen molar-refractivity contribution in [3.8, 4) is 0 Å². The zero-order valence-electron chi connectivity index (χ0n) is 9.31. The summed E-state index contributed by atoms with van der Waals surface area (Å²) >= 11 is 0. The van der Waals surface area contributed by atoms with Crippen LogP contribution in [0.15, 0.2) is 30.3 Å². The summed E-state index contributed by atoms with van der Waals surface area (Å²) in [6.07, 6.45) is -1.42. The first-order chi connectivity index (χ1) is 7.88. The van der Waals surface area contributed by atoms with Gasteiger partial charge in [-0.1, -0.05) is 30.3 Å². The van der Waals surface area contributed by atoms with Gasteiger partial charge in [0, 0.05) is 7.05 Å². The fourth-order valence-corrected chi connectivity index (χ4v) is 1.83. The molecular formula is C10H14NO5P. The van der Waals surface area contributed by atoms with Crippen LogP contribution in [-0.2, 0) is 15.9 Å². The largest absolute Gasteiger partial charge is 0.445 e. The number of amides is 1. The van der Waals surface area contributed by atoms with Gasteiger partial charge in [0.25, 0.3) is 0 Å². The van der Waals surface area contributed by atoms with Gasteiger partial charge in [-0.05, 0) is 5.56 Å². The van der Waals surface area contributed by atoms with Crippen LogP contribution < -0.4 is 0 Å². The zero-order valence-corrected chi connectivity index (χ0v) is 10.2. The molecule has 0 saturated carbocycles. The van der Waals surface area contributed by atoms with Crippen molar-refractivity contribution in [3.63, 3.8) is 0 Å². The van der Waals surface area contributed by atoms with Crippen LogP contribution in [0.1, 0.15) is 5.56 Å². The third kappa shape index (κ3) is 5.49. The molecule has 1 amide bonds. The number of hydrogen-bond donors (Lipinski definition) is 2. The Labute approximate surface area is 99.0 Å². The second-order valence-corrected chi connectivity index (χ2v) is 5.16. The Balaban J connectivity index is 2.42. The van der Waals surface area contributed by atoms with E-state index in [1.54, 1.807) is 12.1 Å². The van der Waals surface area contributed by atoms with E-state index in [1.807, 2.05) is 18.2 Å². The lowest BCUT2D eigenvalue weighted by Gasteiger charge is -2.17. The first-order valence-corrected chi connectivity index (χ1v) is 6.64. The number of benzene rings is 1. The number of hydrogen-bond acceptors (Lipinski definition) is 3. The molecule has 0 spiro atoms. The fraction of sp³-hybridized carbons (Fsp3) is 0.300. The predicted molar refractivity (Wildman–Crippen MR) is 61.3 cm³/mol. The molecule has 2 N–H and O–H groups in total. The Bertz CT molecular complexity index is 416. The molecule has 0 radical (unpaired) electrons. The molecule has 7 heteroatoms. The van der Waals surface area contributed by atoms with E-state index in [9.17, 15) is 9.36 Å². The van der Waals surface area contributed by atoms with E-state index >= 15 is 0 Å². The third-order valence-electron chi connectivity index (χ3n) is 1.91. The van der Waals surface area contributed by atoms with E-state index < -0.39 is 20.0 Å². The second kappa shape index (κ2) is 5.82. The lowest BCUT2D eigenvalue weighted by atomic mass is 10.2. The van der Waals surface area contributed by atoms with E-state index in [2.05, 4.69) is 0 Å². The van der Waals surface area contributed by atoms with Gasteiger partial charge in [-0.2, -0.15) is 0 Å². The van der Waals surface area contributed by atoms with Gasteiger partial charge in [-0.15, -0.1) is 0 Å². The molecule has 0 aliphatic heterocycles. The summed E-state index contributed by atoms with van der Waals surface area (Å²) in [7, 11) is -2.98. The van der Waals surface area contributed by atoms with Gasteiger partial charge in [0.05, 0.1) is 0 Å². The molecule has 0 heterocycles. The summed E-state index contributed by atoms with van der Waals surface area (Å²) in [5.41, 5.74) is 0.811. The molecule has 17 heavy (non-hydrogen) atoms. The predicted octanol–water partition coefficient (Wildman–Crippen LogP) is 1.39. The van der Waals surface area contributed by atoms with E-state index in [0.29, 0.717) is 0 Å². The number of ether oxygens (including phenoxy) is 1. The summed E-state index contributed by atoms with van der Waals surface area (Å²) in [5, 5.41) is 0. The molecule has 0 aliphatic carbocycles. The molecule has 94 valence electrons. The molecule has 0 bridgehead atoms. The van der Waals surface area contributed by atoms with E-state index in [-0.39, 0.29) is 6.61 Å². The van der Waals surface area contributed by atoms with Crippen molar-refractivity contribution in [2.24, 2.45) is 0 Å². The van der Waals surface area contributed by atoms with Crippen molar-refractivity contribution >= 4 is 13.7 Å². The molecule has 0 aliphatic rings. The van der Waals surface area contributed by atoms with Gasteiger partial charge in [-0.25, -0.2) is 4.79 Å². The van der Waals surface area contributed by atoms with E-state index in [1.165, 1.54) is 7.05 Å². The summed E-state index contributed by atoms with van der Waals surface area (Å²) in [5.74, 6) is 0. The molecule has 1 rings (SSSR count). The van der Waals surface area contributed by atoms with Gasteiger partial charge in [0.15, 0.2) is 0 Å². The number of carbonyl (C=O) groups is 1. The highest BCUT2D eigenvalue weighted by atomic mass is 31.2. The van der Waals surface area contributed by atoms with Gasteiger partial charge >= 0.3 is 13.7 Å². The summed E-state index contributed by atoms with van der Waals surface area (Å²) in [6.45, 7) is 0.0746. The molecule has 0 atom stereocenters. The number of nitrogens with zero attached hydrogens (tertiary/aromatic N) is 1. The minimum absolute atomic E-state index is 0.0746. The normalized spacial score (nSPS) is 11.0. The minimum Gasteiger partial charge on any atom is -0.445 e. The Morgan fingerprint density at radius 1 is 1.35 bits per heavy atom. The van der Waals surface area contributed by atoms with Crippen molar-refractivity contribution in [1.82, 2.24) is 4.90 Å². The summed E-state index contributed by atoms with van der Waals surface area (Å²) < 4.78 is 15.5. The summed E-state index contributed by atoms with van der Waals surface area (Å²) in [6, 6.07) is 9.03. The average Bonchev–Trinajstić information content (AvgIpc) is 2.25. The van der Waals surface area contributed by atoms with Gasteiger partial charge in [-0.3, -0.25) is 9.46 Å². The lowest BCUT2D eigenvalue weighted by Crippen LogP contribution is -2.28.